The summed E-state index contributed by atoms with van der Waals surface area (Å²) in [6.45, 7) is 4.00. The number of carbonyl (C=O) groups is 4. The van der Waals surface area contributed by atoms with E-state index in [1.807, 2.05) is 31.2 Å². The maximum absolute atomic E-state index is 13.4. The van der Waals surface area contributed by atoms with Crippen molar-refractivity contribution in [3.8, 4) is 5.75 Å². The Labute approximate surface area is 231 Å². The summed E-state index contributed by atoms with van der Waals surface area (Å²) in [5, 5.41) is 0. The van der Waals surface area contributed by atoms with Gasteiger partial charge in [0.2, 0.25) is 17.7 Å². The molecule has 37 heavy (non-hydrogen) atoms. The van der Waals surface area contributed by atoms with Gasteiger partial charge in [-0.05, 0) is 67.5 Å². The number of carbonyl (C=O) groups excluding carboxylic acids is 4. The van der Waals surface area contributed by atoms with Crippen LogP contribution >= 0.6 is 31.9 Å². The minimum absolute atomic E-state index is 0.0925. The summed E-state index contributed by atoms with van der Waals surface area (Å²) in [4.78, 5) is 55.6. The highest BCUT2D eigenvalue weighted by atomic mass is 79.9. The highest BCUT2D eigenvalue weighted by Crippen LogP contribution is 2.60. The molecule has 0 radical (unpaired) electrons. The zero-order valence-corrected chi connectivity index (χ0v) is 23.6. The van der Waals surface area contributed by atoms with Crippen LogP contribution in [0.1, 0.15) is 24.0 Å². The third-order valence-corrected chi connectivity index (χ3v) is 11.7. The van der Waals surface area contributed by atoms with E-state index in [9.17, 15) is 19.2 Å². The zero-order valence-electron chi connectivity index (χ0n) is 20.4. The van der Waals surface area contributed by atoms with Crippen LogP contribution in [0.5, 0.6) is 5.75 Å². The molecule has 2 aliphatic carbocycles. The number of imide groups is 1. The molecular formula is C28H26Br2N2O5. The van der Waals surface area contributed by atoms with Gasteiger partial charge in [-0.15, -0.1) is 0 Å². The predicted octanol–water partition coefficient (Wildman–Crippen LogP) is 4.54. The van der Waals surface area contributed by atoms with Crippen LogP contribution in [-0.2, 0) is 19.2 Å². The number of benzene rings is 2. The van der Waals surface area contributed by atoms with E-state index < -0.39 is 11.9 Å². The first kappa shape index (κ1) is 24.8. The quantitative estimate of drug-likeness (QED) is 0.215. The number of esters is 1. The number of aryl methyl sites for hydroxylation is 2. The van der Waals surface area contributed by atoms with E-state index in [1.165, 1.54) is 4.90 Å². The molecule has 2 saturated carbocycles. The topological polar surface area (TPSA) is 84.0 Å². The summed E-state index contributed by atoms with van der Waals surface area (Å²) in [6, 6.07) is 12.5. The van der Waals surface area contributed by atoms with Gasteiger partial charge in [-0.3, -0.25) is 19.2 Å². The lowest BCUT2D eigenvalue weighted by atomic mass is 9.81. The van der Waals surface area contributed by atoms with Gasteiger partial charge in [-0.2, -0.15) is 0 Å². The van der Waals surface area contributed by atoms with Crippen LogP contribution in [0.25, 0.3) is 0 Å². The Balaban J connectivity index is 1.17. The predicted molar refractivity (Wildman–Crippen MR) is 145 cm³/mol. The normalized spacial score (nSPS) is 32.4. The number of alkyl halides is 2. The third-order valence-electron chi connectivity index (χ3n) is 8.48. The molecule has 0 unspecified atom stereocenters. The van der Waals surface area contributed by atoms with Gasteiger partial charge in [-0.25, -0.2) is 4.90 Å². The highest BCUT2D eigenvalue weighted by Gasteiger charge is 2.66. The number of nitrogens with zero attached hydrogens (tertiary/aromatic N) is 2. The lowest BCUT2D eigenvalue weighted by Gasteiger charge is -2.28. The van der Waals surface area contributed by atoms with Gasteiger partial charge >= 0.3 is 5.97 Å². The number of ether oxygens (including phenoxy) is 1. The molecule has 2 aliphatic heterocycles. The van der Waals surface area contributed by atoms with E-state index >= 15 is 0 Å². The smallest absolute Gasteiger partial charge is 0.316 e. The Morgan fingerprint density at radius 2 is 1.54 bits per heavy atom. The molecule has 4 fully saturated rings. The Morgan fingerprint density at radius 1 is 0.892 bits per heavy atom. The molecule has 9 heteroatoms. The van der Waals surface area contributed by atoms with E-state index in [4.69, 9.17) is 4.74 Å². The van der Waals surface area contributed by atoms with Crippen molar-refractivity contribution in [3.63, 3.8) is 0 Å². The molecule has 7 nitrogen and oxygen atoms in total. The van der Waals surface area contributed by atoms with Crippen molar-refractivity contribution in [2.75, 3.05) is 16.3 Å². The number of fused-ring (bicyclic) bond motifs is 5. The van der Waals surface area contributed by atoms with Gasteiger partial charge in [0.15, 0.2) is 0 Å². The van der Waals surface area contributed by atoms with Gasteiger partial charge in [0.05, 0.1) is 23.4 Å². The van der Waals surface area contributed by atoms with E-state index in [-0.39, 0.29) is 64.0 Å². The average molecular weight is 630 g/mol. The monoisotopic (exact) mass is 628 g/mol. The van der Waals surface area contributed by atoms with Gasteiger partial charge in [-0.1, -0.05) is 50.1 Å². The lowest BCUT2D eigenvalue weighted by molar-refractivity contribution is -0.139. The first-order valence-corrected chi connectivity index (χ1v) is 14.3. The van der Waals surface area contributed by atoms with Crippen LogP contribution < -0.4 is 14.5 Å². The highest BCUT2D eigenvalue weighted by molar-refractivity contribution is 9.12. The van der Waals surface area contributed by atoms with Crippen LogP contribution in [0, 0.1) is 43.4 Å². The molecule has 7 atom stereocenters. The number of rotatable bonds is 4. The molecule has 192 valence electrons. The summed E-state index contributed by atoms with van der Waals surface area (Å²) >= 11 is 7.44. The van der Waals surface area contributed by atoms with Crippen LogP contribution in [0.15, 0.2) is 42.5 Å². The lowest BCUT2D eigenvalue weighted by Crippen LogP contribution is -2.37. The fourth-order valence-corrected chi connectivity index (χ4v) is 8.57. The zero-order chi connectivity index (χ0) is 26.2. The molecule has 2 heterocycles. The van der Waals surface area contributed by atoms with Gasteiger partial charge in [0.1, 0.15) is 5.75 Å². The van der Waals surface area contributed by atoms with Crippen molar-refractivity contribution in [3.05, 3.63) is 53.6 Å². The van der Waals surface area contributed by atoms with E-state index in [0.717, 1.165) is 17.7 Å². The Hall–Kier alpha value is -2.52. The number of para-hydroxylation sites is 1. The molecule has 6 rings (SSSR count). The number of anilines is 2. The minimum Gasteiger partial charge on any atom is -0.426 e. The van der Waals surface area contributed by atoms with E-state index in [2.05, 4.69) is 31.9 Å². The van der Waals surface area contributed by atoms with Crippen molar-refractivity contribution in [1.82, 2.24) is 0 Å². The number of hydrogen-bond acceptors (Lipinski definition) is 5. The molecule has 2 saturated heterocycles. The summed E-state index contributed by atoms with van der Waals surface area (Å²) < 4.78 is 5.64. The van der Waals surface area contributed by atoms with Gasteiger partial charge in [0, 0.05) is 28.3 Å². The fraction of sp³-hybridized carbons (Fsp3) is 0.429. The Bertz CT molecular complexity index is 1310. The first-order chi connectivity index (χ1) is 17.7. The van der Waals surface area contributed by atoms with Crippen molar-refractivity contribution in [2.45, 2.75) is 36.3 Å². The SMILES string of the molecule is Cc1ccccc1N1C[C@H](C(=O)Oc2ccc(N3C(=O)[C@@H]4[C@H]5C[C@@H]([C@H](Br)[C@H]5Br)[C@@H]4C3=O)c(C)c2)CC1=O. The van der Waals surface area contributed by atoms with Crippen molar-refractivity contribution in [1.29, 1.82) is 0 Å². The fourth-order valence-electron chi connectivity index (χ4n) is 6.69. The second kappa shape index (κ2) is 9.05. The molecule has 0 spiro atoms. The van der Waals surface area contributed by atoms with E-state index in [0.29, 0.717) is 17.0 Å². The maximum atomic E-state index is 13.4. The number of halogens is 2. The Morgan fingerprint density at radius 3 is 2.16 bits per heavy atom. The van der Waals surface area contributed by atoms with Crippen LogP contribution in [0.4, 0.5) is 11.4 Å². The molecule has 2 bridgehead atoms. The first-order valence-electron chi connectivity index (χ1n) is 12.5. The minimum atomic E-state index is -0.571. The van der Waals surface area contributed by atoms with Gasteiger partial charge in [0.25, 0.3) is 0 Å². The van der Waals surface area contributed by atoms with Gasteiger partial charge < -0.3 is 9.64 Å². The summed E-state index contributed by atoms with van der Waals surface area (Å²) in [7, 11) is 0. The van der Waals surface area contributed by atoms with Crippen molar-refractivity contribution in [2.24, 2.45) is 29.6 Å². The molecule has 3 amide bonds. The largest absolute Gasteiger partial charge is 0.426 e. The Kier molecular flexibility index (Phi) is 6.06. The van der Waals surface area contributed by atoms with E-state index in [1.54, 1.807) is 30.0 Å². The van der Waals surface area contributed by atoms with Crippen LogP contribution in [-0.4, -0.2) is 39.9 Å². The maximum Gasteiger partial charge on any atom is 0.316 e. The summed E-state index contributed by atoms with van der Waals surface area (Å²) in [5.74, 6) is -1.38. The molecular weight excluding hydrogens is 604 g/mol. The third kappa shape index (κ3) is 3.80. The summed E-state index contributed by atoms with van der Waals surface area (Å²) in [5.41, 5.74) is 2.98. The second-order valence-corrected chi connectivity index (χ2v) is 12.7. The molecule has 2 aromatic carbocycles. The molecule has 4 aliphatic rings. The summed E-state index contributed by atoms with van der Waals surface area (Å²) in [6.07, 6.45) is 0.973. The van der Waals surface area contributed by atoms with Crippen LogP contribution in [0.2, 0.25) is 0 Å². The average Bonchev–Trinajstić information content (AvgIpc) is 3.58. The molecule has 2 aromatic rings. The second-order valence-electron chi connectivity index (χ2n) is 10.6. The van der Waals surface area contributed by atoms with Crippen molar-refractivity contribution >= 4 is 66.9 Å². The number of amides is 3. The van der Waals surface area contributed by atoms with Crippen LogP contribution in [0.3, 0.4) is 0 Å². The van der Waals surface area contributed by atoms with Crippen molar-refractivity contribution < 1.29 is 23.9 Å². The molecule has 0 N–H and O–H groups in total. The number of hydrogen-bond donors (Lipinski definition) is 0. The molecule has 0 aromatic heterocycles. The standard InChI is InChI=1S/C28H26Br2N2O5/c1-13-5-3-4-6-19(13)31-12-15(10-21(31)33)28(36)37-16-7-8-20(14(2)9-16)32-26(34)22-17-11-18(23(22)27(32)35)25(30)24(17)29/h3-9,15,17-18,22-25H,10-12H2,1-2H3/t15-,17-,18-,22-,23+,24+,25+/m1/s1.